The van der Waals surface area contributed by atoms with Crippen LogP contribution in [0.2, 0.25) is 0 Å². The molecule has 4 aromatic carbocycles. The van der Waals surface area contributed by atoms with Gasteiger partial charge in [0.15, 0.2) is 0 Å². The Kier molecular flexibility index (Phi) is 10.8. The van der Waals surface area contributed by atoms with Crippen molar-refractivity contribution in [1.29, 1.82) is 0 Å². The van der Waals surface area contributed by atoms with Gasteiger partial charge in [0.1, 0.15) is 36.2 Å². The molecule has 0 heterocycles. The normalized spacial score (nSPS) is 9.92. The number of hydrogen-bond acceptors (Lipinski definition) is 7. The summed E-state index contributed by atoms with van der Waals surface area (Å²) in [5.41, 5.74) is 2.61. The second kappa shape index (κ2) is 14.7. The number of rotatable bonds is 10. The molecular weight excluding hydrogens is 500 g/mol. The van der Waals surface area contributed by atoms with Gasteiger partial charge in [-0.1, -0.05) is 60.7 Å². The molecule has 0 aromatic heterocycles. The molecule has 0 fully saturated rings. The van der Waals surface area contributed by atoms with Crippen LogP contribution in [0.25, 0.3) is 0 Å². The van der Waals surface area contributed by atoms with E-state index >= 15 is 0 Å². The molecule has 0 amide bonds. The fraction of sp³-hybridized carbons (Fsp3) is 0.161. The van der Waals surface area contributed by atoms with E-state index in [2.05, 4.69) is 0 Å². The topological polar surface area (TPSA) is 101 Å². The van der Waals surface area contributed by atoms with Gasteiger partial charge in [-0.15, -0.1) is 0 Å². The van der Waals surface area contributed by atoms with Gasteiger partial charge in [-0.3, -0.25) is 0 Å². The molecule has 39 heavy (non-hydrogen) atoms. The molecule has 0 aliphatic carbocycles. The standard InChI is InChI=1S/C16H16O4.C15H14O4/c1-18-14-8-13(16(17)19-2)9-15(10-14)20-11-12-6-4-3-5-7-12;1-18-13-7-12(15(16)17)8-14(9-13)19-10-11-5-3-2-4-6-11/h3-10H,11H2,1-2H3;2-9H,10H2,1H3,(H,16,17). The van der Waals surface area contributed by atoms with Crippen molar-refractivity contribution in [2.45, 2.75) is 13.2 Å². The van der Waals surface area contributed by atoms with Gasteiger partial charge in [-0.25, -0.2) is 9.59 Å². The van der Waals surface area contributed by atoms with Crippen molar-refractivity contribution in [2.24, 2.45) is 0 Å². The van der Waals surface area contributed by atoms with Crippen LogP contribution in [0.5, 0.6) is 23.0 Å². The number of ether oxygens (including phenoxy) is 5. The number of benzene rings is 4. The summed E-state index contributed by atoms with van der Waals surface area (Å²) in [7, 11) is 4.37. The van der Waals surface area contributed by atoms with Crippen LogP contribution in [-0.2, 0) is 18.0 Å². The zero-order valence-corrected chi connectivity index (χ0v) is 22.0. The Hall–Kier alpha value is -4.98. The van der Waals surface area contributed by atoms with Crippen LogP contribution in [0, 0.1) is 0 Å². The molecule has 0 radical (unpaired) electrons. The number of hydrogen-bond donors (Lipinski definition) is 1. The monoisotopic (exact) mass is 530 g/mol. The maximum absolute atomic E-state index is 11.6. The summed E-state index contributed by atoms with van der Waals surface area (Å²) < 4.78 is 26.2. The second-order valence-electron chi connectivity index (χ2n) is 8.14. The van der Waals surface area contributed by atoms with E-state index in [4.69, 9.17) is 28.8 Å². The molecule has 8 nitrogen and oxygen atoms in total. The maximum Gasteiger partial charge on any atom is 0.338 e. The lowest BCUT2D eigenvalue weighted by Crippen LogP contribution is -2.03. The second-order valence-corrected chi connectivity index (χ2v) is 8.14. The van der Waals surface area contributed by atoms with E-state index in [9.17, 15) is 9.59 Å². The lowest BCUT2D eigenvalue weighted by molar-refractivity contribution is 0.0599. The predicted octanol–water partition coefficient (Wildman–Crippen LogP) is 6.03. The number of methoxy groups -OCH3 is 3. The number of carboxylic acids is 1. The van der Waals surface area contributed by atoms with E-state index in [1.165, 1.54) is 33.5 Å². The average Bonchev–Trinajstić information content (AvgIpc) is 2.99. The van der Waals surface area contributed by atoms with Gasteiger partial charge in [-0.2, -0.15) is 0 Å². The highest BCUT2D eigenvalue weighted by Crippen LogP contribution is 2.25. The van der Waals surface area contributed by atoms with Crippen LogP contribution >= 0.6 is 0 Å². The minimum atomic E-state index is -1.01. The SMILES string of the molecule is COC(=O)c1cc(OC)cc(OCc2ccccc2)c1.COc1cc(OCc2ccccc2)cc(C(=O)O)c1. The number of aromatic carboxylic acids is 1. The third-order valence-electron chi connectivity index (χ3n) is 5.40. The Labute approximate surface area is 227 Å². The largest absolute Gasteiger partial charge is 0.497 e. The summed E-state index contributed by atoms with van der Waals surface area (Å²) >= 11 is 0. The summed E-state index contributed by atoms with van der Waals surface area (Å²) in [5, 5.41) is 9.00. The molecule has 0 aliphatic rings. The predicted molar refractivity (Wildman–Crippen MR) is 146 cm³/mol. The van der Waals surface area contributed by atoms with Gasteiger partial charge in [-0.05, 0) is 35.4 Å². The molecule has 0 aliphatic heterocycles. The molecule has 0 unspecified atom stereocenters. The zero-order valence-electron chi connectivity index (χ0n) is 22.0. The van der Waals surface area contributed by atoms with Crippen LogP contribution in [0.4, 0.5) is 0 Å². The van der Waals surface area contributed by atoms with E-state index in [1.54, 1.807) is 24.3 Å². The highest BCUT2D eigenvalue weighted by Gasteiger charge is 2.10. The quantitative estimate of drug-likeness (QED) is 0.248. The zero-order chi connectivity index (χ0) is 28.0. The third kappa shape index (κ3) is 9.12. The first-order chi connectivity index (χ1) is 18.9. The van der Waals surface area contributed by atoms with Crippen molar-refractivity contribution < 1.29 is 38.4 Å². The summed E-state index contributed by atoms with van der Waals surface area (Å²) in [6.07, 6.45) is 0. The summed E-state index contributed by atoms with van der Waals surface area (Å²) in [6, 6.07) is 29.0. The number of carbonyl (C=O) groups excluding carboxylic acids is 1. The Morgan fingerprint density at radius 2 is 1.00 bits per heavy atom. The maximum atomic E-state index is 11.6. The van der Waals surface area contributed by atoms with Crippen LogP contribution in [0.1, 0.15) is 31.8 Å². The Balaban J connectivity index is 0.000000216. The molecule has 0 saturated carbocycles. The fourth-order valence-corrected chi connectivity index (χ4v) is 3.39. The van der Waals surface area contributed by atoms with Gasteiger partial charge in [0.2, 0.25) is 0 Å². The number of esters is 1. The summed E-state index contributed by atoms with van der Waals surface area (Å²) in [4.78, 5) is 22.6. The van der Waals surface area contributed by atoms with Crippen molar-refractivity contribution in [3.8, 4) is 23.0 Å². The summed E-state index contributed by atoms with van der Waals surface area (Å²) in [6.45, 7) is 0.807. The van der Waals surface area contributed by atoms with E-state index in [0.717, 1.165) is 11.1 Å². The highest BCUT2D eigenvalue weighted by molar-refractivity contribution is 5.90. The van der Waals surface area contributed by atoms with E-state index in [-0.39, 0.29) is 5.56 Å². The van der Waals surface area contributed by atoms with Crippen molar-refractivity contribution >= 4 is 11.9 Å². The van der Waals surface area contributed by atoms with Crippen molar-refractivity contribution in [3.63, 3.8) is 0 Å². The minimum absolute atomic E-state index is 0.141. The average molecular weight is 531 g/mol. The molecule has 4 aromatic rings. The molecule has 0 atom stereocenters. The third-order valence-corrected chi connectivity index (χ3v) is 5.40. The minimum Gasteiger partial charge on any atom is -0.497 e. The Bertz CT molecular complexity index is 1350. The van der Waals surface area contributed by atoms with Gasteiger partial charge >= 0.3 is 11.9 Å². The molecule has 4 rings (SSSR count). The Morgan fingerprint density at radius 1 is 0.590 bits per heavy atom. The Morgan fingerprint density at radius 3 is 1.41 bits per heavy atom. The first-order valence-electron chi connectivity index (χ1n) is 11.9. The van der Waals surface area contributed by atoms with Crippen LogP contribution in [-0.4, -0.2) is 38.4 Å². The molecule has 0 spiro atoms. The van der Waals surface area contributed by atoms with E-state index in [1.807, 2.05) is 60.7 Å². The molecule has 0 bridgehead atoms. The first kappa shape index (κ1) is 28.6. The van der Waals surface area contributed by atoms with Gasteiger partial charge in [0.25, 0.3) is 0 Å². The molecular formula is C31H30O8. The van der Waals surface area contributed by atoms with Crippen LogP contribution in [0.3, 0.4) is 0 Å². The van der Waals surface area contributed by atoms with Crippen molar-refractivity contribution in [3.05, 3.63) is 119 Å². The number of carbonyl (C=O) groups is 2. The fourth-order valence-electron chi connectivity index (χ4n) is 3.39. The van der Waals surface area contributed by atoms with Gasteiger partial charge in [0, 0.05) is 12.1 Å². The van der Waals surface area contributed by atoms with Crippen LogP contribution < -0.4 is 18.9 Å². The molecule has 8 heteroatoms. The summed E-state index contributed by atoms with van der Waals surface area (Å²) in [5.74, 6) is 0.616. The molecule has 1 N–H and O–H groups in total. The van der Waals surface area contributed by atoms with E-state index < -0.39 is 11.9 Å². The first-order valence-corrected chi connectivity index (χ1v) is 11.9. The van der Waals surface area contributed by atoms with Crippen molar-refractivity contribution in [2.75, 3.05) is 21.3 Å². The molecule has 202 valence electrons. The van der Waals surface area contributed by atoms with Gasteiger partial charge < -0.3 is 28.8 Å². The number of carboxylic acid groups (broad SMARTS) is 1. The van der Waals surface area contributed by atoms with E-state index in [0.29, 0.717) is 41.8 Å². The lowest BCUT2D eigenvalue weighted by Gasteiger charge is -2.10. The van der Waals surface area contributed by atoms with Crippen LogP contribution in [0.15, 0.2) is 97.1 Å². The smallest absolute Gasteiger partial charge is 0.338 e. The van der Waals surface area contributed by atoms with Crippen molar-refractivity contribution in [1.82, 2.24) is 0 Å². The lowest BCUT2D eigenvalue weighted by atomic mass is 10.2. The van der Waals surface area contributed by atoms with Gasteiger partial charge in [0.05, 0.1) is 32.5 Å². The highest BCUT2D eigenvalue weighted by atomic mass is 16.5. The molecule has 0 saturated heterocycles.